The van der Waals surface area contributed by atoms with Gasteiger partial charge in [-0.15, -0.1) is 0 Å². The second-order valence-corrected chi connectivity index (χ2v) is 6.86. The van der Waals surface area contributed by atoms with E-state index in [1.165, 1.54) is 4.90 Å². The van der Waals surface area contributed by atoms with Gasteiger partial charge in [0.1, 0.15) is 5.75 Å². The smallest absolute Gasteiger partial charge is 0.311 e. The highest BCUT2D eigenvalue weighted by Gasteiger charge is 2.32. The fourth-order valence-corrected chi connectivity index (χ4v) is 3.45. The third kappa shape index (κ3) is 3.27. The number of hydrogen-bond acceptors (Lipinski definition) is 4. The molecule has 0 atom stereocenters. The van der Waals surface area contributed by atoms with Crippen LogP contribution in [0.4, 0.5) is 0 Å². The lowest BCUT2D eigenvalue weighted by atomic mass is 9.94. The number of rotatable bonds is 5. The highest BCUT2D eigenvalue weighted by atomic mass is 16.5. The molecule has 1 aliphatic heterocycles. The number of amides is 2. The van der Waals surface area contributed by atoms with E-state index in [1.807, 2.05) is 43.3 Å². The first-order chi connectivity index (χ1) is 13.5. The summed E-state index contributed by atoms with van der Waals surface area (Å²) in [7, 11) is 0. The van der Waals surface area contributed by atoms with Crippen LogP contribution in [-0.4, -0.2) is 29.2 Å². The normalized spacial score (nSPS) is 13.1. The van der Waals surface area contributed by atoms with E-state index in [9.17, 15) is 14.4 Å². The zero-order chi connectivity index (χ0) is 19.7. The number of aryl methyl sites for hydroxylation is 1. The van der Waals surface area contributed by atoms with Crippen LogP contribution < -0.4 is 4.74 Å². The third-order valence-electron chi connectivity index (χ3n) is 4.87. The summed E-state index contributed by atoms with van der Waals surface area (Å²) in [5.74, 6) is -0.535. The van der Waals surface area contributed by atoms with Crippen molar-refractivity contribution < 1.29 is 19.1 Å². The van der Waals surface area contributed by atoms with Crippen LogP contribution in [-0.2, 0) is 4.79 Å². The Morgan fingerprint density at radius 3 is 2.11 bits per heavy atom. The molecular weight excluding hydrogens is 354 g/mol. The van der Waals surface area contributed by atoms with Gasteiger partial charge in [0.2, 0.25) is 0 Å². The zero-order valence-corrected chi connectivity index (χ0v) is 15.5. The molecule has 4 rings (SSSR count). The average molecular weight is 373 g/mol. The second-order valence-electron chi connectivity index (χ2n) is 6.86. The number of esters is 1. The molecule has 0 bridgehead atoms. The molecule has 0 fully saturated rings. The van der Waals surface area contributed by atoms with Crippen LogP contribution in [0.15, 0.2) is 60.7 Å². The predicted molar refractivity (Wildman–Crippen MR) is 105 cm³/mol. The van der Waals surface area contributed by atoms with Crippen molar-refractivity contribution in [1.82, 2.24) is 4.90 Å². The predicted octanol–water partition coefficient (Wildman–Crippen LogP) is 4.13. The van der Waals surface area contributed by atoms with Crippen molar-refractivity contribution >= 4 is 28.6 Å². The summed E-state index contributed by atoms with van der Waals surface area (Å²) in [4.78, 5) is 38.9. The van der Waals surface area contributed by atoms with Crippen LogP contribution in [0.2, 0.25) is 0 Å². The molecule has 1 heterocycles. The lowest BCUT2D eigenvalue weighted by Crippen LogP contribution is -2.41. The molecule has 140 valence electrons. The molecule has 0 aromatic heterocycles. The van der Waals surface area contributed by atoms with Crippen LogP contribution in [0.5, 0.6) is 5.75 Å². The van der Waals surface area contributed by atoms with Gasteiger partial charge in [0.15, 0.2) is 0 Å². The number of carbonyl (C=O) groups is 3. The molecular formula is C23H19NO4. The Hall–Kier alpha value is -3.47. The van der Waals surface area contributed by atoms with E-state index in [2.05, 4.69) is 0 Å². The van der Waals surface area contributed by atoms with Crippen LogP contribution in [0.3, 0.4) is 0 Å². The van der Waals surface area contributed by atoms with Crippen molar-refractivity contribution in [2.24, 2.45) is 0 Å². The Kier molecular flexibility index (Phi) is 4.65. The summed E-state index contributed by atoms with van der Waals surface area (Å²) in [5.41, 5.74) is 2.13. The monoisotopic (exact) mass is 373 g/mol. The van der Waals surface area contributed by atoms with Crippen molar-refractivity contribution in [2.75, 3.05) is 6.54 Å². The fourth-order valence-electron chi connectivity index (χ4n) is 3.45. The zero-order valence-electron chi connectivity index (χ0n) is 15.5. The second kappa shape index (κ2) is 7.27. The standard InChI is InChI=1S/C23H19NO4/c1-15-10-12-17(13-11-15)28-20(25)9-4-14-24-22(26)18-7-2-5-16-6-3-8-19(21(16)18)23(24)27/h2-3,5-8,10-13H,4,9,14H2,1H3. The van der Waals surface area contributed by atoms with E-state index in [0.717, 1.165) is 10.9 Å². The number of hydrogen-bond donors (Lipinski definition) is 0. The van der Waals surface area contributed by atoms with Crippen LogP contribution in [0.25, 0.3) is 10.8 Å². The number of carbonyl (C=O) groups excluding carboxylic acids is 3. The summed E-state index contributed by atoms with van der Waals surface area (Å²) >= 11 is 0. The molecule has 0 saturated carbocycles. The number of ether oxygens (including phenoxy) is 1. The minimum Gasteiger partial charge on any atom is -0.427 e. The van der Waals surface area contributed by atoms with Crippen molar-refractivity contribution in [3.63, 3.8) is 0 Å². The largest absolute Gasteiger partial charge is 0.427 e. The van der Waals surface area contributed by atoms with Crippen molar-refractivity contribution in [1.29, 1.82) is 0 Å². The molecule has 3 aromatic rings. The molecule has 28 heavy (non-hydrogen) atoms. The Morgan fingerprint density at radius 1 is 0.893 bits per heavy atom. The maximum atomic E-state index is 12.8. The molecule has 0 radical (unpaired) electrons. The fraction of sp³-hybridized carbons (Fsp3) is 0.174. The maximum Gasteiger partial charge on any atom is 0.311 e. The van der Waals surface area contributed by atoms with Crippen molar-refractivity contribution in [3.8, 4) is 5.75 Å². The molecule has 0 unspecified atom stereocenters. The number of imide groups is 1. The van der Waals surface area contributed by atoms with E-state index in [0.29, 0.717) is 28.7 Å². The van der Waals surface area contributed by atoms with Gasteiger partial charge in [-0.25, -0.2) is 0 Å². The van der Waals surface area contributed by atoms with E-state index < -0.39 is 0 Å². The van der Waals surface area contributed by atoms with Crippen LogP contribution >= 0.6 is 0 Å². The number of benzene rings is 3. The highest BCUT2D eigenvalue weighted by molar-refractivity contribution is 6.25. The van der Waals surface area contributed by atoms with Gasteiger partial charge < -0.3 is 4.74 Å². The average Bonchev–Trinajstić information content (AvgIpc) is 2.70. The van der Waals surface area contributed by atoms with Gasteiger partial charge in [0.05, 0.1) is 0 Å². The van der Waals surface area contributed by atoms with Gasteiger partial charge in [-0.3, -0.25) is 19.3 Å². The van der Waals surface area contributed by atoms with E-state index in [4.69, 9.17) is 4.74 Å². The molecule has 5 nitrogen and oxygen atoms in total. The highest BCUT2D eigenvalue weighted by Crippen LogP contribution is 2.30. The molecule has 2 amide bonds. The Labute approximate surface area is 162 Å². The third-order valence-corrected chi connectivity index (χ3v) is 4.87. The quantitative estimate of drug-likeness (QED) is 0.383. The summed E-state index contributed by atoms with van der Waals surface area (Å²) in [6.07, 6.45) is 0.469. The van der Waals surface area contributed by atoms with Gasteiger partial charge in [0, 0.05) is 29.5 Å². The van der Waals surface area contributed by atoms with Gasteiger partial charge >= 0.3 is 5.97 Å². The van der Waals surface area contributed by atoms with Crippen molar-refractivity contribution in [2.45, 2.75) is 19.8 Å². The molecule has 1 aliphatic rings. The summed E-state index contributed by atoms with van der Waals surface area (Å²) < 4.78 is 5.29. The maximum absolute atomic E-state index is 12.8. The van der Waals surface area contributed by atoms with Gasteiger partial charge in [0.25, 0.3) is 11.8 Å². The first-order valence-electron chi connectivity index (χ1n) is 9.20. The molecule has 0 saturated heterocycles. The lowest BCUT2D eigenvalue weighted by Gasteiger charge is -2.27. The summed E-state index contributed by atoms with van der Waals surface area (Å²) in [5, 5.41) is 1.58. The van der Waals surface area contributed by atoms with Crippen LogP contribution in [0, 0.1) is 6.92 Å². The van der Waals surface area contributed by atoms with Crippen molar-refractivity contribution in [3.05, 3.63) is 77.4 Å². The first kappa shape index (κ1) is 17.9. The SMILES string of the molecule is Cc1ccc(OC(=O)CCCN2C(=O)c3cccc4cccc(c34)C2=O)cc1. The molecule has 0 aliphatic carbocycles. The van der Waals surface area contributed by atoms with E-state index in [-0.39, 0.29) is 30.7 Å². The van der Waals surface area contributed by atoms with Gasteiger partial charge in [-0.05, 0) is 43.0 Å². The minimum absolute atomic E-state index is 0.122. The lowest BCUT2D eigenvalue weighted by molar-refractivity contribution is -0.134. The van der Waals surface area contributed by atoms with Gasteiger partial charge in [-0.2, -0.15) is 0 Å². The molecule has 0 spiro atoms. The Morgan fingerprint density at radius 2 is 1.50 bits per heavy atom. The summed E-state index contributed by atoms with van der Waals surface area (Å²) in [6.45, 7) is 2.13. The van der Waals surface area contributed by atoms with Gasteiger partial charge in [-0.1, -0.05) is 42.0 Å². The Bertz CT molecular complexity index is 1030. The topological polar surface area (TPSA) is 63.7 Å². The minimum atomic E-state index is -0.386. The molecule has 5 heteroatoms. The Balaban J connectivity index is 1.43. The number of nitrogens with zero attached hydrogens (tertiary/aromatic N) is 1. The summed E-state index contributed by atoms with van der Waals surface area (Å²) in [6, 6.07) is 18.1. The van der Waals surface area contributed by atoms with E-state index in [1.54, 1.807) is 24.3 Å². The van der Waals surface area contributed by atoms with Crippen LogP contribution in [0.1, 0.15) is 39.1 Å². The van der Waals surface area contributed by atoms with E-state index >= 15 is 0 Å². The first-order valence-corrected chi connectivity index (χ1v) is 9.20. The molecule has 0 N–H and O–H groups in total. The molecule has 3 aromatic carbocycles.